The average Bonchev–Trinajstić information content (AvgIpc) is 2.28. The molecule has 1 aliphatic heterocycles. The first kappa shape index (κ1) is 12.5. The van der Waals surface area contributed by atoms with Crippen LogP contribution in [0.3, 0.4) is 0 Å². The van der Waals surface area contributed by atoms with Crippen LogP contribution in [0.1, 0.15) is 32.1 Å². The predicted octanol–water partition coefficient (Wildman–Crippen LogP) is 0.395. The number of hydrogen-bond donors (Lipinski definition) is 4. The van der Waals surface area contributed by atoms with Crippen molar-refractivity contribution in [3.63, 3.8) is 0 Å². The Morgan fingerprint density at radius 1 is 1.28 bits per heavy atom. The van der Waals surface area contributed by atoms with Crippen molar-refractivity contribution >= 4 is 11.8 Å². The fourth-order valence-corrected chi connectivity index (χ4v) is 2.26. The Hall–Kier alpha value is -1.98. The highest BCUT2D eigenvalue weighted by atomic mass is 16.3. The summed E-state index contributed by atoms with van der Waals surface area (Å²) in [5.74, 6) is -1.47. The van der Waals surface area contributed by atoms with Gasteiger partial charge in [0.05, 0.1) is 0 Å². The van der Waals surface area contributed by atoms with Crippen LogP contribution < -0.4 is 16.0 Å². The third-order valence-corrected chi connectivity index (χ3v) is 3.17. The van der Waals surface area contributed by atoms with Gasteiger partial charge < -0.3 is 21.1 Å². The Balaban J connectivity index is 2.05. The first-order chi connectivity index (χ1) is 8.58. The molecule has 0 bridgehead atoms. The summed E-state index contributed by atoms with van der Waals surface area (Å²) in [7, 11) is 0. The van der Waals surface area contributed by atoms with Crippen LogP contribution in [0.5, 0.6) is 0 Å². The van der Waals surface area contributed by atoms with Gasteiger partial charge in [-0.1, -0.05) is 25.8 Å². The van der Waals surface area contributed by atoms with Crippen molar-refractivity contribution < 1.29 is 14.7 Å². The SMILES string of the molecule is C=C1NC(=O)C(C(=O)NC2CCCCC2)=C(O)N1. The topological polar surface area (TPSA) is 90.5 Å². The van der Waals surface area contributed by atoms with Crippen LogP contribution in [-0.4, -0.2) is 23.0 Å². The number of carbonyl (C=O) groups excluding carboxylic acids is 2. The molecule has 0 aromatic heterocycles. The first-order valence-corrected chi connectivity index (χ1v) is 6.09. The molecule has 2 aliphatic rings. The molecule has 0 radical (unpaired) electrons. The van der Waals surface area contributed by atoms with Gasteiger partial charge in [-0.15, -0.1) is 0 Å². The van der Waals surface area contributed by atoms with Crippen molar-refractivity contribution in [3.8, 4) is 0 Å². The monoisotopic (exact) mass is 251 g/mol. The molecular formula is C12H17N3O3. The molecule has 98 valence electrons. The van der Waals surface area contributed by atoms with Crippen molar-refractivity contribution in [3.05, 3.63) is 23.9 Å². The van der Waals surface area contributed by atoms with Crippen LogP contribution >= 0.6 is 0 Å². The van der Waals surface area contributed by atoms with Gasteiger partial charge in [-0.05, 0) is 12.8 Å². The molecule has 0 spiro atoms. The molecule has 0 saturated heterocycles. The molecule has 2 amide bonds. The van der Waals surface area contributed by atoms with Crippen LogP contribution in [-0.2, 0) is 9.59 Å². The Bertz CT molecular complexity index is 422. The van der Waals surface area contributed by atoms with E-state index < -0.39 is 17.7 Å². The maximum atomic E-state index is 11.9. The molecule has 0 unspecified atom stereocenters. The molecule has 1 saturated carbocycles. The third-order valence-electron chi connectivity index (χ3n) is 3.17. The lowest BCUT2D eigenvalue weighted by Crippen LogP contribution is -2.46. The highest BCUT2D eigenvalue weighted by Crippen LogP contribution is 2.18. The van der Waals surface area contributed by atoms with Crippen LogP contribution in [0.2, 0.25) is 0 Å². The summed E-state index contributed by atoms with van der Waals surface area (Å²) in [5, 5.41) is 17.2. The summed E-state index contributed by atoms with van der Waals surface area (Å²) in [5.41, 5.74) is -0.284. The number of aliphatic hydroxyl groups excluding tert-OH is 1. The molecular weight excluding hydrogens is 234 g/mol. The highest BCUT2D eigenvalue weighted by molar-refractivity contribution is 6.19. The standard InChI is InChI=1S/C12H17N3O3/c1-7-13-10(16)9(11(17)14-7)12(18)15-8-5-3-2-4-6-8/h8,13,16H,1-6H2,(H,14,17)(H,15,18). The third kappa shape index (κ3) is 2.64. The molecule has 0 aromatic carbocycles. The number of nitrogens with one attached hydrogen (secondary N) is 3. The maximum Gasteiger partial charge on any atom is 0.267 e. The maximum absolute atomic E-state index is 11.9. The van der Waals surface area contributed by atoms with Gasteiger partial charge in [0.25, 0.3) is 11.8 Å². The first-order valence-electron chi connectivity index (χ1n) is 6.09. The number of amides is 2. The van der Waals surface area contributed by atoms with E-state index in [0.29, 0.717) is 0 Å². The molecule has 0 atom stereocenters. The summed E-state index contributed by atoms with van der Waals surface area (Å²) >= 11 is 0. The van der Waals surface area contributed by atoms with Crippen molar-refractivity contribution in [1.82, 2.24) is 16.0 Å². The van der Waals surface area contributed by atoms with E-state index in [2.05, 4.69) is 22.5 Å². The largest absolute Gasteiger partial charge is 0.494 e. The van der Waals surface area contributed by atoms with E-state index in [9.17, 15) is 14.7 Å². The molecule has 18 heavy (non-hydrogen) atoms. The van der Waals surface area contributed by atoms with Crippen molar-refractivity contribution in [2.24, 2.45) is 0 Å². The summed E-state index contributed by atoms with van der Waals surface area (Å²) in [6.07, 6.45) is 5.18. The van der Waals surface area contributed by atoms with Gasteiger partial charge >= 0.3 is 0 Å². The van der Waals surface area contributed by atoms with E-state index in [4.69, 9.17) is 0 Å². The average molecular weight is 251 g/mol. The van der Waals surface area contributed by atoms with E-state index in [1.54, 1.807) is 0 Å². The lowest BCUT2D eigenvalue weighted by atomic mass is 9.95. The molecule has 1 fully saturated rings. The Labute approximate surface area is 105 Å². The van der Waals surface area contributed by atoms with Gasteiger partial charge in [-0.2, -0.15) is 0 Å². The summed E-state index contributed by atoms with van der Waals surface area (Å²) < 4.78 is 0. The predicted molar refractivity (Wildman–Crippen MR) is 65.1 cm³/mol. The molecule has 6 nitrogen and oxygen atoms in total. The smallest absolute Gasteiger partial charge is 0.267 e. The van der Waals surface area contributed by atoms with Crippen LogP contribution in [0.15, 0.2) is 23.9 Å². The van der Waals surface area contributed by atoms with Gasteiger partial charge in [0.15, 0.2) is 5.57 Å². The van der Waals surface area contributed by atoms with Crippen molar-refractivity contribution in [2.75, 3.05) is 0 Å². The summed E-state index contributed by atoms with van der Waals surface area (Å²) in [4.78, 5) is 23.5. The lowest BCUT2D eigenvalue weighted by Gasteiger charge is -2.25. The number of hydrogen-bond acceptors (Lipinski definition) is 4. The van der Waals surface area contributed by atoms with Gasteiger partial charge in [-0.25, -0.2) is 0 Å². The number of carbonyl (C=O) groups is 2. The quantitative estimate of drug-likeness (QED) is 0.535. The Morgan fingerprint density at radius 3 is 2.56 bits per heavy atom. The van der Waals surface area contributed by atoms with E-state index in [0.717, 1.165) is 25.7 Å². The van der Waals surface area contributed by atoms with E-state index in [1.807, 2.05) is 0 Å². The molecule has 1 heterocycles. The minimum atomic E-state index is -0.635. The molecule has 2 rings (SSSR count). The number of aliphatic hydroxyl groups is 1. The van der Waals surface area contributed by atoms with Crippen molar-refractivity contribution in [2.45, 2.75) is 38.1 Å². The Morgan fingerprint density at radius 2 is 1.94 bits per heavy atom. The normalized spacial score (nSPS) is 21.3. The summed E-state index contributed by atoms with van der Waals surface area (Å²) in [6, 6.07) is 0.0875. The molecule has 4 N–H and O–H groups in total. The second kappa shape index (κ2) is 5.12. The van der Waals surface area contributed by atoms with E-state index in [1.165, 1.54) is 6.42 Å². The minimum Gasteiger partial charge on any atom is -0.494 e. The number of rotatable bonds is 2. The second-order valence-corrected chi connectivity index (χ2v) is 4.59. The zero-order valence-electron chi connectivity index (χ0n) is 10.1. The second-order valence-electron chi connectivity index (χ2n) is 4.59. The Kier molecular flexibility index (Phi) is 3.55. The zero-order chi connectivity index (χ0) is 13.1. The highest BCUT2D eigenvalue weighted by Gasteiger charge is 2.29. The van der Waals surface area contributed by atoms with E-state index >= 15 is 0 Å². The molecule has 0 aromatic rings. The van der Waals surface area contributed by atoms with Gasteiger partial charge in [0.1, 0.15) is 5.82 Å². The molecule has 6 heteroatoms. The molecule has 1 aliphatic carbocycles. The van der Waals surface area contributed by atoms with Gasteiger partial charge in [0.2, 0.25) is 5.88 Å². The van der Waals surface area contributed by atoms with Crippen molar-refractivity contribution in [1.29, 1.82) is 0 Å². The van der Waals surface area contributed by atoms with Crippen LogP contribution in [0.25, 0.3) is 0 Å². The van der Waals surface area contributed by atoms with Gasteiger partial charge in [0, 0.05) is 6.04 Å². The lowest BCUT2D eigenvalue weighted by molar-refractivity contribution is -0.124. The zero-order valence-corrected chi connectivity index (χ0v) is 10.1. The van der Waals surface area contributed by atoms with Crippen LogP contribution in [0.4, 0.5) is 0 Å². The van der Waals surface area contributed by atoms with Crippen LogP contribution in [0, 0.1) is 0 Å². The van der Waals surface area contributed by atoms with E-state index in [-0.39, 0.29) is 17.4 Å². The summed E-state index contributed by atoms with van der Waals surface area (Å²) in [6.45, 7) is 3.46. The fraction of sp³-hybridized carbons (Fsp3) is 0.500. The van der Waals surface area contributed by atoms with Gasteiger partial charge in [-0.3, -0.25) is 9.59 Å². The minimum absolute atomic E-state index is 0.0875. The fourth-order valence-electron chi connectivity index (χ4n) is 2.26.